The van der Waals surface area contributed by atoms with Crippen LogP contribution in [0.3, 0.4) is 0 Å². The molecule has 0 aliphatic rings. The second kappa shape index (κ2) is 15.7. The molecule has 1 heterocycles. The lowest BCUT2D eigenvalue weighted by Gasteiger charge is -2.15. The van der Waals surface area contributed by atoms with E-state index in [0.717, 1.165) is 23.3 Å². The highest BCUT2D eigenvalue weighted by atomic mass is 35.5. The van der Waals surface area contributed by atoms with Crippen molar-refractivity contribution in [3.05, 3.63) is 141 Å². The summed E-state index contributed by atoms with van der Waals surface area (Å²) in [7, 11) is 0. The molecule has 47 heavy (non-hydrogen) atoms. The summed E-state index contributed by atoms with van der Waals surface area (Å²) < 4.78 is 54.0. The van der Waals surface area contributed by atoms with E-state index >= 15 is 0 Å². The number of rotatable bonds is 7. The summed E-state index contributed by atoms with van der Waals surface area (Å²) in [5, 5.41) is 17.2. The first-order valence-corrected chi connectivity index (χ1v) is 15.0. The first-order valence-electron chi connectivity index (χ1n) is 14.2. The van der Waals surface area contributed by atoms with E-state index in [0.29, 0.717) is 49.4 Å². The lowest BCUT2D eigenvalue weighted by Crippen LogP contribution is -2.10. The molecular formula is C36H28Cl2F4N4O. The Morgan fingerprint density at radius 3 is 1.79 bits per heavy atom. The number of aromatic nitrogens is 2. The van der Waals surface area contributed by atoms with Crippen molar-refractivity contribution in [2.24, 2.45) is 10.2 Å². The Balaban J connectivity index is 0.000000213. The van der Waals surface area contributed by atoms with E-state index in [4.69, 9.17) is 23.2 Å². The Morgan fingerprint density at radius 2 is 1.21 bits per heavy atom. The lowest BCUT2D eigenvalue weighted by atomic mass is 9.92. The van der Waals surface area contributed by atoms with Crippen molar-refractivity contribution in [2.75, 3.05) is 0 Å². The third-order valence-electron chi connectivity index (χ3n) is 6.92. The molecule has 0 bridgehead atoms. The zero-order valence-electron chi connectivity index (χ0n) is 25.8. The van der Waals surface area contributed by atoms with Crippen LogP contribution < -0.4 is 0 Å². The summed E-state index contributed by atoms with van der Waals surface area (Å²) >= 11 is 11.7. The van der Waals surface area contributed by atoms with Gasteiger partial charge in [0.15, 0.2) is 0 Å². The van der Waals surface area contributed by atoms with Gasteiger partial charge in [-0.05, 0) is 93.4 Å². The third kappa shape index (κ3) is 9.18. The minimum atomic E-state index is -0.637. The van der Waals surface area contributed by atoms with Crippen LogP contribution in [0.5, 0.6) is 0 Å². The fourth-order valence-corrected chi connectivity index (χ4v) is 4.85. The van der Waals surface area contributed by atoms with E-state index in [1.165, 1.54) is 24.3 Å². The third-order valence-corrected chi connectivity index (χ3v) is 7.43. The topological polar surface area (TPSA) is 67.6 Å². The number of aryl methyl sites for hydroxylation is 2. The van der Waals surface area contributed by atoms with E-state index in [1.54, 1.807) is 64.1 Å². The number of ketones is 1. The molecule has 4 aromatic carbocycles. The fraction of sp³-hybridized carbons (Fsp3) is 0.139. The molecule has 0 unspecified atom stereocenters. The van der Waals surface area contributed by atoms with Crippen LogP contribution in [0.4, 0.5) is 17.6 Å². The molecular weight excluding hydrogens is 651 g/mol. The predicted octanol–water partition coefficient (Wildman–Crippen LogP) is 10.2. The van der Waals surface area contributed by atoms with Gasteiger partial charge in [-0.2, -0.15) is 20.4 Å². The molecule has 0 N–H and O–H groups in total. The molecule has 0 aliphatic heterocycles. The van der Waals surface area contributed by atoms with Crippen LogP contribution in [0.15, 0.2) is 95.1 Å². The van der Waals surface area contributed by atoms with Crippen LogP contribution in [0.2, 0.25) is 10.0 Å². The van der Waals surface area contributed by atoms with Gasteiger partial charge in [-0.25, -0.2) is 17.6 Å². The van der Waals surface area contributed by atoms with Gasteiger partial charge in [-0.1, -0.05) is 41.4 Å². The monoisotopic (exact) mass is 678 g/mol. The largest absolute Gasteiger partial charge is 0.287 e. The van der Waals surface area contributed by atoms with Crippen LogP contribution in [0.1, 0.15) is 41.2 Å². The molecule has 0 fully saturated rings. The van der Waals surface area contributed by atoms with Crippen LogP contribution in [0.25, 0.3) is 22.3 Å². The number of Topliss-reactive ketones (excluding diaryl/α,β-unsaturated/α-hetero) is 1. The quantitative estimate of drug-likeness (QED) is 0.0744. The maximum atomic E-state index is 14.3. The van der Waals surface area contributed by atoms with E-state index in [9.17, 15) is 22.4 Å². The molecule has 240 valence electrons. The van der Waals surface area contributed by atoms with Crippen molar-refractivity contribution < 1.29 is 22.4 Å². The Labute approximate surface area is 279 Å². The van der Waals surface area contributed by atoms with Gasteiger partial charge in [0.25, 0.3) is 0 Å². The molecule has 0 saturated heterocycles. The molecule has 11 heteroatoms. The second-order valence-electron chi connectivity index (χ2n) is 10.5. The predicted molar refractivity (Wildman–Crippen MR) is 179 cm³/mol. The molecule has 0 amide bonds. The van der Waals surface area contributed by atoms with Crippen LogP contribution >= 0.6 is 23.2 Å². The summed E-state index contributed by atoms with van der Waals surface area (Å²) in [6.07, 6.45) is 0.179. The summed E-state index contributed by atoms with van der Waals surface area (Å²) in [5.41, 5.74) is 5.24. The molecule has 0 atom stereocenters. The van der Waals surface area contributed by atoms with Crippen LogP contribution in [-0.2, 0) is 6.42 Å². The Morgan fingerprint density at radius 1 is 0.681 bits per heavy atom. The van der Waals surface area contributed by atoms with Crippen molar-refractivity contribution in [2.45, 2.75) is 34.1 Å². The van der Waals surface area contributed by atoms with Gasteiger partial charge in [-0.15, -0.1) is 0 Å². The van der Waals surface area contributed by atoms with Crippen LogP contribution in [0, 0.1) is 37.1 Å². The van der Waals surface area contributed by atoms with E-state index < -0.39 is 23.3 Å². The summed E-state index contributed by atoms with van der Waals surface area (Å²) in [6, 6.07) is 20.6. The van der Waals surface area contributed by atoms with Crippen molar-refractivity contribution in [3.63, 3.8) is 0 Å². The van der Waals surface area contributed by atoms with Gasteiger partial charge >= 0.3 is 0 Å². The molecule has 5 nitrogen and oxygen atoms in total. The maximum Gasteiger partial charge on any atom is 0.208 e. The highest BCUT2D eigenvalue weighted by Crippen LogP contribution is 2.37. The lowest BCUT2D eigenvalue weighted by molar-refractivity contribution is 0.106. The van der Waals surface area contributed by atoms with Gasteiger partial charge in [0.1, 0.15) is 29.0 Å². The standard InChI is InChI=1S/C18H15ClF2N2O.C18H13ClF2N2/c1-11(9-14-5-8-16(20)10-17(14)21)22-23-12(2)18(24)13-3-6-15(19)7-4-13;1-10-17(12-3-5-13(19)6-4-12)18(11(2)23-22-10)15-8-7-14(20)9-16(15)21/h3-8,10H,9H2,1-2H3;3-9H,1-2H3/b22-11-,23-12-;. The molecule has 0 spiro atoms. The first-order chi connectivity index (χ1) is 22.3. The van der Waals surface area contributed by atoms with E-state index in [-0.39, 0.29) is 17.9 Å². The number of halogens is 6. The Bertz CT molecular complexity index is 1980. The number of hydrogen-bond acceptors (Lipinski definition) is 5. The normalized spacial score (nSPS) is 11.6. The fourth-order valence-electron chi connectivity index (χ4n) is 4.60. The number of benzene rings is 4. The van der Waals surface area contributed by atoms with Gasteiger partial charge in [0.2, 0.25) is 5.78 Å². The smallest absolute Gasteiger partial charge is 0.208 e. The molecule has 0 radical (unpaired) electrons. The van der Waals surface area contributed by atoms with Gasteiger partial charge in [0.05, 0.1) is 11.4 Å². The SMILES string of the molecule is C/C(Cc1ccc(F)cc1F)=N/N=C(/C)C(=O)c1ccc(Cl)cc1.Cc1nnc(C)c(-c2ccc(F)cc2F)c1-c1ccc(Cl)cc1. The molecule has 0 saturated carbocycles. The molecule has 5 aromatic rings. The highest BCUT2D eigenvalue weighted by molar-refractivity contribution is 6.45. The number of hydrogen-bond donors (Lipinski definition) is 0. The second-order valence-corrected chi connectivity index (χ2v) is 11.4. The zero-order valence-corrected chi connectivity index (χ0v) is 27.3. The summed E-state index contributed by atoms with van der Waals surface area (Å²) in [6.45, 7) is 6.77. The van der Waals surface area contributed by atoms with Gasteiger partial charge < -0.3 is 0 Å². The first kappa shape index (κ1) is 35.1. The summed E-state index contributed by atoms with van der Waals surface area (Å²) in [4.78, 5) is 12.2. The summed E-state index contributed by atoms with van der Waals surface area (Å²) in [5.74, 6) is -2.78. The minimum Gasteiger partial charge on any atom is -0.287 e. The maximum absolute atomic E-state index is 14.3. The van der Waals surface area contributed by atoms with Crippen molar-refractivity contribution >= 4 is 40.4 Å². The van der Waals surface area contributed by atoms with Crippen molar-refractivity contribution in [3.8, 4) is 22.3 Å². The Kier molecular flexibility index (Phi) is 11.7. The average Bonchev–Trinajstić information content (AvgIpc) is 3.03. The molecule has 0 aliphatic carbocycles. The van der Waals surface area contributed by atoms with E-state index in [1.807, 2.05) is 12.1 Å². The van der Waals surface area contributed by atoms with Crippen molar-refractivity contribution in [1.29, 1.82) is 0 Å². The molecule has 5 rings (SSSR count). The van der Waals surface area contributed by atoms with Crippen LogP contribution in [-0.4, -0.2) is 27.4 Å². The minimum absolute atomic E-state index is 0.179. The Hall–Kier alpha value is -4.73. The highest BCUT2D eigenvalue weighted by Gasteiger charge is 2.19. The number of carbonyl (C=O) groups excluding carboxylic acids is 1. The number of nitrogens with zero attached hydrogens (tertiary/aromatic N) is 4. The number of carbonyl (C=O) groups is 1. The zero-order chi connectivity index (χ0) is 34.2. The van der Waals surface area contributed by atoms with Gasteiger partial charge in [0, 0.05) is 56.6 Å². The van der Waals surface area contributed by atoms with Crippen molar-refractivity contribution in [1.82, 2.24) is 10.2 Å². The van der Waals surface area contributed by atoms with E-state index in [2.05, 4.69) is 20.4 Å². The van der Waals surface area contributed by atoms with Gasteiger partial charge in [-0.3, -0.25) is 4.79 Å². The average molecular weight is 680 g/mol. The molecule has 1 aromatic heterocycles.